The van der Waals surface area contributed by atoms with Gasteiger partial charge in [0.15, 0.2) is 11.5 Å². The zero-order valence-electron chi connectivity index (χ0n) is 14.6. The summed E-state index contributed by atoms with van der Waals surface area (Å²) in [5.41, 5.74) is 1.82. The molecule has 0 radical (unpaired) electrons. The maximum atomic E-state index is 5.43. The Kier molecular flexibility index (Phi) is 5.95. The predicted octanol–water partition coefficient (Wildman–Crippen LogP) is 3.90. The number of rotatable bonds is 7. The molecule has 0 saturated heterocycles. The molecule has 0 aromatic heterocycles. The number of hydrogen-bond acceptors (Lipinski definition) is 5. The SMILES string of the molecule is COc1cc(/C=C/c2cc(OC)c(OC)cc2OC)cc(OC)c1. The van der Waals surface area contributed by atoms with Crippen LogP contribution in [-0.2, 0) is 0 Å². The molecule has 0 aliphatic heterocycles. The van der Waals surface area contributed by atoms with Crippen LogP contribution in [0, 0.1) is 0 Å². The van der Waals surface area contributed by atoms with Gasteiger partial charge in [-0.1, -0.05) is 12.2 Å². The van der Waals surface area contributed by atoms with E-state index in [0.29, 0.717) is 17.2 Å². The standard InChI is InChI=1S/C19H22O5/c1-20-15-8-13(9-16(11-15)21-2)6-7-14-10-18(23-4)19(24-5)12-17(14)22-3/h6-12H,1-5H3/b7-6+. The minimum absolute atomic E-state index is 0.620. The van der Waals surface area contributed by atoms with Crippen molar-refractivity contribution in [2.75, 3.05) is 35.5 Å². The molecule has 2 aromatic rings. The molecule has 0 fully saturated rings. The molecule has 0 bridgehead atoms. The van der Waals surface area contributed by atoms with E-state index in [1.807, 2.05) is 36.4 Å². The Labute approximate surface area is 142 Å². The minimum Gasteiger partial charge on any atom is -0.497 e. The number of ether oxygens (including phenoxy) is 5. The Hall–Kier alpha value is -2.82. The largest absolute Gasteiger partial charge is 0.497 e. The van der Waals surface area contributed by atoms with Gasteiger partial charge < -0.3 is 23.7 Å². The zero-order valence-corrected chi connectivity index (χ0v) is 14.6. The first-order chi connectivity index (χ1) is 11.6. The Bertz CT molecular complexity index is 700. The van der Waals surface area contributed by atoms with E-state index < -0.39 is 0 Å². The van der Waals surface area contributed by atoms with Crippen molar-refractivity contribution in [2.45, 2.75) is 0 Å². The molecule has 128 valence electrons. The second-order valence-electron chi connectivity index (χ2n) is 4.93. The van der Waals surface area contributed by atoms with E-state index in [-0.39, 0.29) is 0 Å². The third kappa shape index (κ3) is 3.93. The third-order valence-electron chi connectivity index (χ3n) is 3.57. The van der Waals surface area contributed by atoms with Crippen LogP contribution in [0.5, 0.6) is 28.7 Å². The molecule has 0 atom stereocenters. The van der Waals surface area contributed by atoms with Gasteiger partial charge in [-0.15, -0.1) is 0 Å². The van der Waals surface area contributed by atoms with Gasteiger partial charge in [0.1, 0.15) is 17.2 Å². The van der Waals surface area contributed by atoms with E-state index in [1.54, 1.807) is 41.6 Å². The Balaban J connectivity index is 2.41. The van der Waals surface area contributed by atoms with Crippen molar-refractivity contribution in [1.82, 2.24) is 0 Å². The first-order valence-electron chi connectivity index (χ1n) is 7.36. The summed E-state index contributed by atoms with van der Waals surface area (Å²) in [4.78, 5) is 0. The molecule has 5 nitrogen and oxygen atoms in total. The topological polar surface area (TPSA) is 46.2 Å². The highest BCUT2D eigenvalue weighted by Crippen LogP contribution is 2.35. The Morgan fingerprint density at radius 1 is 0.542 bits per heavy atom. The Morgan fingerprint density at radius 2 is 1.08 bits per heavy atom. The van der Waals surface area contributed by atoms with Crippen molar-refractivity contribution >= 4 is 12.2 Å². The molecule has 0 aliphatic rings. The van der Waals surface area contributed by atoms with Gasteiger partial charge in [0, 0.05) is 17.7 Å². The lowest BCUT2D eigenvalue weighted by Crippen LogP contribution is -1.94. The van der Waals surface area contributed by atoms with Gasteiger partial charge >= 0.3 is 0 Å². The molecule has 0 aliphatic carbocycles. The van der Waals surface area contributed by atoms with E-state index in [9.17, 15) is 0 Å². The monoisotopic (exact) mass is 330 g/mol. The molecule has 2 aromatic carbocycles. The minimum atomic E-state index is 0.620. The summed E-state index contributed by atoms with van der Waals surface area (Å²) >= 11 is 0. The summed E-state index contributed by atoms with van der Waals surface area (Å²) in [5.74, 6) is 3.41. The molecule has 0 amide bonds. The maximum absolute atomic E-state index is 5.43. The predicted molar refractivity (Wildman–Crippen MR) is 94.6 cm³/mol. The second-order valence-corrected chi connectivity index (χ2v) is 4.93. The van der Waals surface area contributed by atoms with Crippen LogP contribution in [0.2, 0.25) is 0 Å². The van der Waals surface area contributed by atoms with Gasteiger partial charge in [-0.25, -0.2) is 0 Å². The summed E-state index contributed by atoms with van der Waals surface area (Å²) in [5, 5.41) is 0. The van der Waals surface area contributed by atoms with Gasteiger partial charge in [0.25, 0.3) is 0 Å². The number of benzene rings is 2. The van der Waals surface area contributed by atoms with Crippen LogP contribution in [0.25, 0.3) is 12.2 Å². The normalized spacial score (nSPS) is 10.5. The maximum Gasteiger partial charge on any atom is 0.164 e. The van der Waals surface area contributed by atoms with Gasteiger partial charge in [-0.2, -0.15) is 0 Å². The molecule has 0 N–H and O–H groups in total. The summed E-state index contributed by atoms with van der Waals surface area (Å²) in [7, 11) is 8.06. The first-order valence-corrected chi connectivity index (χ1v) is 7.36. The fourth-order valence-corrected chi connectivity index (χ4v) is 2.29. The van der Waals surface area contributed by atoms with Gasteiger partial charge in [-0.3, -0.25) is 0 Å². The van der Waals surface area contributed by atoms with E-state index >= 15 is 0 Å². The van der Waals surface area contributed by atoms with Crippen molar-refractivity contribution in [3.05, 3.63) is 41.5 Å². The smallest absolute Gasteiger partial charge is 0.164 e. The van der Waals surface area contributed by atoms with Crippen LogP contribution in [0.1, 0.15) is 11.1 Å². The fourth-order valence-electron chi connectivity index (χ4n) is 2.29. The van der Waals surface area contributed by atoms with Crippen LogP contribution in [0.3, 0.4) is 0 Å². The molecule has 0 spiro atoms. The van der Waals surface area contributed by atoms with Crippen LogP contribution in [0.15, 0.2) is 30.3 Å². The van der Waals surface area contributed by atoms with Crippen LogP contribution >= 0.6 is 0 Å². The van der Waals surface area contributed by atoms with Crippen molar-refractivity contribution in [3.8, 4) is 28.7 Å². The molecule has 5 heteroatoms. The highest BCUT2D eigenvalue weighted by atomic mass is 16.5. The lowest BCUT2D eigenvalue weighted by Gasteiger charge is -2.12. The summed E-state index contributed by atoms with van der Waals surface area (Å²) in [6, 6.07) is 9.34. The quantitative estimate of drug-likeness (QED) is 0.721. The molecule has 24 heavy (non-hydrogen) atoms. The summed E-state index contributed by atoms with van der Waals surface area (Å²) in [6.45, 7) is 0. The van der Waals surface area contributed by atoms with Gasteiger partial charge in [0.2, 0.25) is 0 Å². The first kappa shape index (κ1) is 17.5. The molecular weight excluding hydrogens is 308 g/mol. The average molecular weight is 330 g/mol. The second kappa shape index (κ2) is 8.15. The van der Waals surface area contributed by atoms with Crippen LogP contribution in [0.4, 0.5) is 0 Å². The van der Waals surface area contributed by atoms with Gasteiger partial charge in [-0.05, 0) is 23.8 Å². The average Bonchev–Trinajstić information content (AvgIpc) is 2.64. The molecule has 2 rings (SSSR count). The molecular formula is C19H22O5. The summed E-state index contributed by atoms with van der Waals surface area (Å²) < 4.78 is 26.6. The molecule has 0 saturated carbocycles. The van der Waals surface area contributed by atoms with Crippen LogP contribution < -0.4 is 23.7 Å². The van der Waals surface area contributed by atoms with Gasteiger partial charge in [0.05, 0.1) is 35.5 Å². The molecule has 0 heterocycles. The van der Waals surface area contributed by atoms with E-state index in [2.05, 4.69) is 0 Å². The lowest BCUT2D eigenvalue weighted by atomic mass is 10.1. The lowest BCUT2D eigenvalue weighted by molar-refractivity contribution is 0.348. The van der Waals surface area contributed by atoms with Crippen molar-refractivity contribution in [2.24, 2.45) is 0 Å². The highest BCUT2D eigenvalue weighted by Gasteiger charge is 2.10. The highest BCUT2D eigenvalue weighted by molar-refractivity contribution is 5.75. The van der Waals surface area contributed by atoms with E-state index in [4.69, 9.17) is 23.7 Å². The third-order valence-corrected chi connectivity index (χ3v) is 3.57. The van der Waals surface area contributed by atoms with E-state index in [1.165, 1.54) is 0 Å². The van der Waals surface area contributed by atoms with Crippen molar-refractivity contribution in [1.29, 1.82) is 0 Å². The molecule has 0 unspecified atom stereocenters. The van der Waals surface area contributed by atoms with Crippen molar-refractivity contribution in [3.63, 3.8) is 0 Å². The summed E-state index contributed by atoms with van der Waals surface area (Å²) in [6.07, 6.45) is 3.89. The Morgan fingerprint density at radius 3 is 1.58 bits per heavy atom. The zero-order chi connectivity index (χ0) is 17.5. The number of methoxy groups -OCH3 is 5. The number of hydrogen-bond donors (Lipinski definition) is 0. The fraction of sp³-hybridized carbons (Fsp3) is 0.263. The van der Waals surface area contributed by atoms with Crippen LogP contribution in [-0.4, -0.2) is 35.5 Å². The van der Waals surface area contributed by atoms with E-state index in [0.717, 1.165) is 22.6 Å². The van der Waals surface area contributed by atoms with Crippen molar-refractivity contribution < 1.29 is 23.7 Å².